The van der Waals surface area contributed by atoms with Crippen LogP contribution in [0.15, 0.2) is 24.4 Å². The lowest BCUT2D eigenvalue weighted by Gasteiger charge is -2.09. The Balaban J connectivity index is 2.10. The third kappa shape index (κ3) is 3.07. The molecule has 0 atom stereocenters. The monoisotopic (exact) mass is 266 g/mol. The maximum atomic E-state index is 10.8. The first-order valence-corrected chi connectivity index (χ1v) is 6.32. The number of aromatic nitrogens is 1. The molecule has 3 N–H and O–H groups in total. The number of nitrogens with one attached hydrogen (secondary N) is 1. The second-order valence-electron chi connectivity index (χ2n) is 4.64. The Morgan fingerprint density at radius 1 is 1.30 bits per heavy atom. The average Bonchev–Trinajstić information content (AvgIpc) is 2.89. The molecular formula is C14H14B2NO3. The number of phenolic OH excluding ortho intramolecular Hbond substituents is 1. The molecule has 1 heterocycles. The Morgan fingerprint density at radius 2 is 2.00 bits per heavy atom. The van der Waals surface area contributed by atoms with Crippen LogP contribution in [0.1, 0.15) is 21.6 Å². The smallest absolute Gasteiger partial charge is 0.352 e. The van der Waals surface area contributed by atoms with E-state index in [1.807, 2.05) is 12.9 Å². The number of hydrogen-bond donors (Lipinski definition) is 3. The maximum absolute atomic E-state index is 10.8. The average molecular weight is 266 g/mol. The highest BCUT2D eigenvalue weighted by atomic mass is 16.4. The summed E-state index contributed by atoms with van der Waals surface area (Å²) in [5, 5.41) is 18.6. The second-order valence-corrected chi connectivity index (χ2v) is 4.64. The fourth-order valence-electron chi connectivity index (χ4n) is 2.10. The summed E-state index contributed by atoms with van der Waals surface area (Å²) in [5.41, 5.74) is 3.19. The highest BCUT2D eigenvalue weighted by Gasteiger charge is 2.08. The van der Waals surface area contributed by atoms with Gasteiger partial charge in [-0.25, -0.2) is 4.79 Å². The van der Waals surface area contributed by atoms with Crippen molar-refractivity contribution in [1.29, 1.82) is 0 Å². The zero-order valence-corrected chi connectivity index (χ0v) is 11.2. The van der Waals surface area contributed by atoms with Crippen molar-refractivity contribution in [1.82, 2.24) is 4.98 Å². The molecule has 2 rings (SSSR count). The highest BCUT2D eigenvalue weighted by Crippen LogP contribution is 2.10. The molecule has 3 radical (unpaired) electrons. The van der Waals surface area contributed by atoms with Gasteiger partial charge in [0.25, 0.3) is 0 Å². The Bertz CT molecular complexity index is 637. The number of hydrogen-bond acceptors (Lipinski definition) is 2. The maximum Gasteiger partial charge on any atom is 0.352 e. The number of carbonyl (C=O) groups is 1. The van der Waals surface area contributed by atoms with Gasteiger partial charge in [0.2, 0.25) is 0 Å². The van der Waals surface area contributed by atoms with Crippen LogP contribution in [0.4, 0.5) is 0 Å². The van der Waals surface area contributed by atoms with Crippen LogP contribution in [0.3, 0.4) is 0 Å². The van der Waals surface area contributed by atoms with Gasteiger partial charge in [-0.2, -0.15) is 0 Å². The van der Waals surface area contributed by atoms with Crippen LogP contribution in [-0.4, -0.2) is 36.3 Å². The molecule has 0 aliphatic heterocycles. The molecule has 6 heteroatoms. The summed E-state index contributed by atoms with van der Waals surface area (Å²) in [6.45, 7) is 1.84. The van der Waals surface area contributed by atoms with E-state index < -0.39 is 5.97 Å². The van der Waals surface area contributed by atoms with Gasteiger partial charge in [0.05, 0.1) is 0 Å². The molecule has 1 aromatic carbocycles. The zero-order chi connectivity index (χ0) is 14.7. The van der Waals surface area contributed by atoms with E-state index in [4.69, 9.17) is 13.0 Å². The number of aromatic hydroxyl groups is 1. The number of H-pyrrole nitrogens is 1. The van der Waals surface area contributed by atoms with E-state index in [0.29, 0.717) is 17.3 Å². The minimum atomic E-state index is -0.965. The number of aryl methyl sites for hydroxylation is 2. The summed E-state index contributed by atoms with van der Waals surface area (Å²) < 4.78 is 0. The Hall–Kier alpha value is -2.10. The van der Waals surface area contributed by atoms with E-state index >= 15 is 0 Å². The first-order valence-electron chi connectivity index (χ1n) is 6.32. The molecule has 0 fully saturated rings. The standard InChI is InChI=1S/C14H14B2NO3/c1-16-11-5-8(4-10(15)13(11)18)2-3-9-6-12(14(19)20)17-7-9/h4-7,17-18H,2-3H2,1H3,(H,19,20). The fourth-order valence-corrected chi connectivity index (χ4v) is 2.10. The van der Waals surface area contributed by atoms with Gasteiger partial charge in [-0.1, -0.05) is 24.4 Å². The number of carboxylic acids is 1. The lowest BCUT2D eigenvalue weighted by molar-refractivity contribution is 0.0691. The third-order valence-electron chi connectivity index (χ3n) is 3.22. The predicted molar refractivity (Wildman–Crippen MR) is 79.9 cm³/mol. The molecule has 0 saturated heterocycles. The van der Waals surface area contributed by atoms with Gasteiger partial charge in [-0.3, -0.25) is 0 Å². The normalized spacial score (nSPS) is 10.4. The molecule has 20 heavy (non-hydrogen) atoms. The Labute approximate surface area is 119 Å². The van der Waals surface area contributed by atoms with Crippen molar-refractivity contribution >= 4 is 32.0 Å². The second kappa shape index (κ2) is 5.90. The predicted octanol–water partition coefficient (Wildman–Crippen LogP) is 0.375. The number of aromatic carboxylic acids is 1. The highest BCUT2D eigenvalue weighted by molar-refractivity contribution is 6.54. The minimum Gasteiger partial charge on any atom is -0.509 e. The van der Waals surface area contributed by atoms with Gasteiger partial charge in [-0.15, -0.1) is 0 Å². The van der Waals surface area contributed by atoms with E-state index in [-0.39, 0.29) is 11.4 Å². The van der Waals surface area contributed by atoms with Gasteiger partial charge in [0, 0.05) is 6.20 Å². The van der Waals surface area contributed by atoms with Crippen LogP contribution < -0.4 is 10.9 Å². The first kappa shape index (κ1) is 14.3. The van der Waals surface area contributed by atoms with Gasteiger partial charge < -0.3 is 15.2 Å². The van der Waals surface area contributed by atoms with Crippen molar-refractivity contribution in [2.24, 2.45) is 0 Å². The molecule has 99 valence electrons. The molecule has 0 spiro atoms. The van der Waals surface area contributed by atoms with Crippen LogP contribution in [0.25, 0.3) is 0 Å². The Kier molecular flexibility index (Phi) is 4.23. The summed E-state index contributed by atoms with van der Waals surface area (Å²) in [7, 11) is 7.56. The van der Waals surface area contributed by atoms with E-state index in [2.05, 4.69) is 4.98 Å². The molecule has 0 amide bonds. The molecule has 2 aromatic rings. The quantitative estimate of drug-likeness (QED) is 0.685. The van der Waals surface area contributed by atoms with Crippen molar-refractivity contribution in [2.45, 2.75) is 19.7 Å². The molecular weight excluding hydrogens is 252 g/mol. The fraction of sp³-hybridized carbons (Fsp3) is 0.214. The number of carboxylic acid groups (broad SMARTS) is 1. The van der Waals surface area contributed by atoms with Crippen LogP contribution in [0, 0.1) is 0 Å². The van der Waals surface area contributed by atoms with Crippen molar-refractivity contribution in [3.63, 3.8) is 0 Å². The van der Waals surface area contributed by atoms with Crippen LogP contribution in [0.5, 0.6) is 5.75 Å². The number of aromatic amines is 1. The first-order chi connectivity index (χ1) is 9.51. The van der Waals surface area contributed by atoms with E-state index in [1.54, 1.807) is 25.6 Å². The third-order valence-corrected chi connectivity index (χ3v) is 3.22. The van der Waals surface area contributed by atoms with Crippen LogP contribution >= 0.6 is 0 Å². The van der Waals surface area contributed by atoms with Gasteiger partial charge in [0.1, 0.15) is 19.3 Å². The molecule has 0 unspecified atom stereocenters. The zero-order valence-electron chi connectivity index (χ0n) is 11.2. The Morgan fingerprint density at radius 3 is 2.60 bits per heavy atom. The largest absolute Gasteiger partial charge is 0.509 e. The molecule has 0 aliphatic carbocycles. The molecule has 0 saturated carbocycles. The number of phenols is 1. The van der Waals surface area contributed by atoms with E-state index in [1.165, 1.54) is 0 Å². The van der Waals surface area contributed by atoms with Crippen LogP contribution in [0.2, 0.25) is 6.82 Å². The van der Waals surface area contributed by atoms with E-state index in [0.717, 1.165) is 17.5 Å². The topological polar surface area (TPSA) is 73.3 Å². The lowest BCUT2D eigenvalue weighted by atomic mass is 9.70. The summed E-state index contributed by atoms with van der Waals surface area (Å²) in [5.74, 6) is -0.862. The molecule has 4 nitrogen and oxygen atoms in total. The van der Waals surface area contributed by atoms with Crippen LogP contribution in [-0.2, 0) is 12.8 Å². The number of rotatable bonds is 5. The van der Waals surface area contributed by atoms with Crippen molar-refractivity contribution in [2.75, 3.05) is 0 Å². The van der Waals surface area contributed by atoms with E-state index in [9.17, 15) is 9.90 Å². The number of benzene rings is 1. The van der Waals surface area contributed by atoms with Gasteiger partial charge in [-0.05, 0) is 35.5 Å². The molecule has 1 aromatic heterocycles. The van der Waals surface area contributed by atoms with Gasteiger partial charge in [0.15, 0.2) is 7.28 Å². The SMILES string of the molecule is [B]c1cc(CCc2c[nH]c(C(=O)O)c2)cc([B]C)c1O. The summed E-state index contributed by atoms with van der Waals surface area (Å²) >= 11 is 0. The minimum absolute atomic E-state index is 0.103. The summed E-state index contributed by atoms with van der Waals surface area (Å²) in [4.78, 5) is 13.5. The van der Waals surface area contributed by atoms with Crippen molar-refractivity contribution in [3.8, 4) is 5.75 Å². The lowest BCUT2D eigenvalue weighted by Crippen LogP contribution is -2.20. The molecule has 0 aliphatic rings. The molecule has 0 bridgehead atoms. The van der Waals surface area contributed by atoms with Crippen molar-refractivity contribution < 1.29 is 15.0 Å². The van der Waals surface area contributed by atoms with Gasteiger partial charge >= 0.3 is 5.97 Å². The summed E-state index contributed by atoms with van der Waals surface area (Å²) in [6.07, 6.45) is 3.12. The summed E-state index contributed by atoms with van der Waals surface area (Å²) in [6, 6.07) is 5.25. The van der Waals surface area contributed by atoms with Crippen molar-refractivity contribution in [3.05, 3.63) is 41.2 Å².